The number of amides is 2. The Kier molecular flexibility index (Phi) is 3.66. The van der Waals surface area contributed by atoms with E-state index in [1.807, 2.05) is 0 Å². The minimum Gasteiger partial charge on any atom is -0.469 e. The van der Waals surface area contributed by atoms with Gasteiger partial charge in [0.1, 0.15) is 6.10 Å². The Morgan fingerprint density at radius 1 is 1.08 bits per heavy atom. The van der Waals surface area contributed by atoms with Gasteiger partial charge in [0.25, 0.3) is 11.8 Å². The van der Waals surface area contributed by atoms with Gasteiger partial charge < -0.3 is 14.3 Å². The lowest BCUT2D eigenvalue weighted by Crippen LogP contribution is -2.38. The lowest BCUT2D eigenvalue weighted by molar-refractivity contribution is -0.0813. The van der Waals surface area contributed by atoms with Crippen LogP contribution in [-0.4, -0.2) is 47.1 Å². The number of carbonyl (C=O) groups excluding carboxylic acids is 3. The number of rotatable bonds is 4. The van der Waals surface area contributed by atoms with E-state index in [-0.39, 0.29) is 22.8 Å². The number of imide groups is 1. The molecule has 0 bridgehead atoms. The molecule has 126 valence electrons. The first-order valence-electron chi connectivity index (χ1n) is 7.54. The molecule has 0 aliphatic carbocycles. The average molecular weight is 340 g/mol. The van der Waals surface area contributed by atoms with Gasteiger partial charge >= 0.3 is 5.97 Å². The number of hydrogen-bond donors (Lipinski definition) is 0. The minimum absolute atomic E-state index is 0.0383. The van der Waals surface area contributed by atoms with Crippen molar-refractivity contribution < 1.29 is 28.7 Å². The second kappa shape index (κ2) is 5.99. The predicted molar refractivity (Wildman–Crippen MR) is 81.8 cm³/mol. The van der Waals surface area contributed by atoms with Crippen LogP contribution in [0.4, 0.5) is 0 Å². The largest absolute Gasteiger partial charge is 0.469 e. The molecule has 3 heterocycles. The summed E-state index contributed by atoms with van der Waals surface area (Å²) in [5.41, 5.74) is 0.489. The van der Waals surface area contributed by atoms with Crippen LogP contribution in [0.5, 0.6) is 5.88 Å². The standard InChI is InChI=1S/C17H12N2O6/c20-15-12-3-1-2-4-13(12)16(21)19(15)25-17(22)10-5-6-14(18-7-10)24-11-8-23-9-11/h1-7,11H,8-9H2. The number of pyridine rings is 1. The van der Waals surface area contributed by atoms with Gasteiger partial charge in [-0.05, 0) is 18.2 Å². The lowest BCUT2D eigenvalue weighted by atomic mass is 10.1. The van der Waals surface area contributed by atoms with Crippen LogP contribution in [0.15, 0.2) is 42.6 Å². The molecule has 2 amide bonds. The van der Waals surface area contributed by atoms with E-state index in [0.29, 0.717) is 24.2 Å². The first kappa shape index (κ1) is 15.3. The quantitative estimate of drug-likeness (QED) is 0.772. The first-order chi connectivity index (χ1) is 12.1. The third-order valence-corrected chi connectivity index (χ3v) is 3.80. The molecule has 0 radical (unpaired) electrons. The molecule has 1 saturated heterocycles. The maximum absolute atomic E-state index is 12.2. The van der Waals surface area contributed by atoms with Crippen molar-refractivity contribution in [2.45, 2.75) is 6.10 Å². The normalized spacial score (nSPS) is 16.4. The highest BCUT2D eigenvalue weighted by Gasteiger charge is 2.38. The number of hydrogen-bond acceptors (Lipinski definition) is 7. The number of aromatic nitrogens is 1. The van der Waals surface area contributed by atoms with Gasteiger partial charge in [0.15, 0.2) is 0 Å². The van der Waals surface area contributed by atoms with Gasteiger partial charge in [-0.2, -0.15) is 0 Å². The fourth-order valence-electron chi connectivity index (χ4n) is 2.41. The number of hydroxylamine groups is 2. The summed E-state index contributed by atoms with van der Waals surface area (Å²) in [6.07, 6.45) is 1.22. The third kappa shape index (κ3) is 2.72. The summed E-state index contributed by atoms with van der Waals surface area (Å²) in [6, 6.07) is 9.22. The Hall–Kier alpha value is -3.26. The van der Waals surface area contributed by atoms with Gasteiger partial charge in [0, 0.05) is 12.3 Å². The summed E-state index contributed by atoms with van der Waals surface area (Å²) >= 11 is 0. The van der Waals surface area contributed by atoms with Crippen LogP contribution in [0.3, 0.4) is 0 Å². The highest BCUT2D eigenvalue weighted by molar-refractivity contribution is 6.21. The molecule has 2 aliphatic heterocycles. The van der Waals surface area contributed by atoms with Crippen LogP contribution in [0.2, 0.25) is 0 Å². The molecule has 2 aliphatic rings. The number of ether oxygens (including phenoxy) is 2. The van der Waals surface area contributed by atoms with Crippen molar-refractivity contribution in [1.29, 1.82) is 0 Å². The Labute approximate surface area is 141 Å². The van der Waals surface area contributed by atoms with Crippen molar-refractivity contribution in [3.05, 3.63) is 59.3 Å². The third-order valence-electron chi connectivity index (χ3n) is 3.80. The van der Waals surface area contributed by atoms with Gasteiger partial charge in [-0.3, -0.25) is 9.59 Å². The summed E-state index contributed by atoms with van der Waals surface area (Å²) in [5.74, 6) is -1.86. The number of fused-ring (bicyclic) bond motifs is 1. The Bertz CT molecular complexity index is 825. The molecular weight excluding hydrogens is 328 g/mol. The molecule has 0 atom stereocenters. The van der Waals surface area contributed by atoms with Crippen molar-refractivity contribution in [2.75, 3.05) is 13.2 Å². The topological polar surface area (TPSA) is 95.0 Å². The average Bonchev–Trinajstić information content (AvgIpc) is 2.84. The van der Waals surface area contributed by atoms with Crippen LogP contribution in [-0.2, 0) is 9.57 Å². The van der Waals surface area contributed by atoms with Crippen molar-refractivity contribution in [3.63, 3.8) is 0 Å². The fourth-order valence-corrected chi connectivity index (χ4v) is 2.41. The smallest absolute Gasteiger partial charge is 0.365 e. The zero-order valence-electron chi connectivity index (χ0n) is 12.9. The molecule has 1 fully saturated rings. The molecule has 0 unspecified atom stereocenters. The first-order valence-corrected chi connectivity index (χ1v) is 7.54. The molecule has 4 rings (SSSR count). The summed E-state index contributed by atoms with van der Waals surface area (Å²) in [7, 11) is 0. The predicted octanol–water partition coefficient (Wildman–Crippen LogP) is 1.23. The SMILES string of the molecule is O=C(ON1C(=O)c2ccccc2C1=O)c1ccc(OC2COC2)nc1. The molecule has 8 nitrogen and oxygen atoms in total. The molecule has 0 spiro atoms. The number of carbonyl (C=O) groups is 3. The summed E-state index contributed by atoms with van der Waals surface area (Å²) in [5, 5.41) is 0.461. The number of benzene rings is 1. The maximum atomic E-state index is 12.2. The maximum Gasteiger partial charge on any atom is 0.365 e. The summed E-state index contributed by atoms with van der Waals surface area (Å²) < 4.78 is 10.5. The van der Waals surface area contributed by atoms with E-state index in [1.54, 1.807) is 12.1 Å². The van der Waals surface area contributed by atoms with E-state index < -0.39 is 17.8 Å². The van der Waals surface area contributed by atoms with E-state index in [1.165, 1.54) is 30.5 Å². The summed E-state index contributed by atoms with van der Waals surface area (Å²) in [6.45, 7) is 1.01. The molecule has 2 aromatic rings. The monoisotopic (exact) mass is 340 g/mol. The van der Waals surface area contributed by atoms with Gasteiger partial charge in [0.2, 0.25) is 5.88 Å². The lowest BCUT2D eigenvalue weighted by Gasteiger charge is -2.25. The van der Waals surface area contributed by atoms with E-state index in [2.05, 4.69) is 4.98 Å². The summed E-state index contributed by atoms with van der Waals surface area (Å²) in [4.78, 5) is 45.5. The van der Waals surface area contributed by atoms with Crippen LogP contribution in [0.25, 0.3) is 0 Å². The van der Waals surface area contributed by atoms with Crippen LogP contribution >= 0.6 is 0 Å². The molecule has 0 saturated carbocycles. The van der Waals surface area contributed by atoms with E-state index in [4.69, 9.17) is 14.3 Å². The zero-order valence-corrected chi connectivity index (χ0v) is 12.9. The van der Waals surface area contributed by atoms with E-state index in [9.17, 15) is 14.4 Å². The van der Waals surface area contributed by atoms with Crippen LogP contribution in [0, 0.1) is 0 Å². The molecule has 1 aromatic heterocycles. The van der Waals surface area contributed by atoms with Crippen LogP contribution < -0.4 is 4.74 Å². The molecule has 1 aromatic carbocycles. The fraction of sp³-hybridized carbons (Fsp3) is 0.176. The zero-order chi connectivity index (χ0) is 17.4. The van der Waals surface area contributed by atoms with Gasteiger partial charge in [-0.15, -0.1) is 0 Å². The Balaban J connectivity index is 1.45. The van der Waals surface area contributed by atoms with E-state index >= 15 is 0 Å². The second-order valence-electron chi connectivity index (χ2n) is 5.49. The molecule has 0 N–H and O–H groups in total. The van der Waals surface area contributed by atoms with Crippen LogP contribution in [0.1, 0.15) is 31.1 Å². The second-order valence-corrected chi connectivity index (χ2v) is 5.49. The van der Waals surface area contributed by atoms with Crippen molar-refractivity contribution in [1.82, 2.24) is 10.0 Å². The highest BCUT2D eigenvalue weighted by atomic mass is 16.7. The Morgan fingerprint density at radius 2 is 1.76 bits per heavy atom. The molecule has 8 heteroatoms. The van der Waals surface area contributed by atoms with Gasteiger partial charge in [0.05, 0.1) is 29.9 Å². The van der Waals surface area contributed by atoms with Gasteiger partial charge in [-0.1, -0.05) is 17.2 Å². The van der Waals surface area contributed by atoms with Crippen molar-refractivity contribution in [2.24, 2.45) is 0 Å². The Morgan fingerprint density at radius 3 is 2.28 bits per heavy atom. The van der Waals surface area contributed by atoms with Crippen molar-refractivity contribution in [3.8, 4) is 5.88 Å². The van der Waals surface area contributed by atoms with Crippen molar-refractivity contribution >= 4 is 17.8 Å². The highest BCUT2D eigenvalue weighted by Crippen LogP contribution is 2.23. The van der Waals surface area contributed by atoms with E-state index in [0.717, 1.165) is 0 Å². The molecule has 25 heavy (non-hydrogen) atoms. The minimum atomic E-state index is -0.861. The number of nitrogens with zero attached hydrogens (tertiary/aromatic N) is 2. The van der Waals surface area contributed by atoms with Gasteiger partial charge in [-0.25, -0.2) is 9.78 Å². The molecular formula is C17H12N2O6.